The third kappa shape index (κ3) is 3.65. The lowest BCUT2D eigenvalue weighted by atomic mass is 9.88. The Bertz CT molecular complexity index is 685. The van der Waals surface area contributed by atoms with Gasteiger partial charge in [-0.3, -0.25) is 0 Å². The van der Waals surface area contributed by atoms with Crippen LogP contribution in [0.4, 0.5) is 4.79 Å². The Morgan fingerprint density at radius 2 is 1.96 bits per heavy atom. The number of carbonyl (C=O) groups is 1. The monoisotopic (exact) mass is 310 g/mol. The highest BCUT2D eigenvalue weighted by Gasteiger charge is 2.21. The molecule has 0 fully saturated rings. The van der Waals surface area contributed by atoms with Crippen molar-refractivity contribution in [2.24, 2.45) is 0 Å². The van der Waals surface area contributed by atoms with E-state index >= 15 is 0 Å². The molecule has 0 saturated carbocycles. The van der Waals surface area contributed by atoms with Crippen molar-refractivity contribution in [1.29, 1.82) is 0 Å². The van der Waals surface area contributed by atoms with E-state index < -0.39 is 0 Å². The molecule has 0 spiro atoms. The van der Waals surface area contributed by atoms with Gasteiger partial charge in [-0.2, -0.15) is 0 Å². The molecule has 23 heavy (non-hydrogen) atoms. The molecule has 0 aromatic heterocycles. The summed E-state index contributed by atoms with van der Waals surface area (Å²) in [5, 5.41) is 6.01. The van der Waals surface area contributed by atoms with Crippen molar-refractivity contribution in [1.82, 2.24) is 10.6 Å². The number of para-hydroxylation sites is 1. The fraction of sp³-hybridized carbons (Fsp3) is 0.316. The first kappa shape index (κ1) is 15.4. The molecule has 0 bridgehead atoms. The van der Waals surface area contributed by atoms with Crippen LogP contribution in [0.15, 0.2) is 48.5 Å². The van der Waals surface area contributed by atoms with Crippen LogP contribution in [0.1, 0.15) is 35.6 Å². The topological polar surface area (TPSA) is 50.4 Å². The van der Waals surface area contributed by atoms with Crippen LogP contribution in [0.25, 0.3) is 0 Å². The molecule has 0 radical (unpaired) electrons. The quantitative estimate of drug-likeness (QED) is 0.907. The number of aryl methyl sites for hydroxylation is 1. The highest BCUT2D eigenvalue weighted by molar-refractivity contribution is 5.74. The molecule has 120 valence electrons. The van der Waals surface area contributed by atoms with Crippen LogP contribution in [-0.2, 0) is 13.0 Å². The van der Waals surface area contributed by atoms with Gasteiger partial charge in [0.25, 0.3) is 0 Å². The van der Waals surface area contributed by atoms with Crippen LogP contribution in [0.2, 0.25) is 0 Å². The van der Waals surface area contributed by atoms with Gasteiger partial charge in [0, 0.05) is 12.1 Å². The minimum Gasteiger partial charge on any atom is -0.496 e. The average molecular weight is 310 g/mol. The summed E-state index contributed by atoms with van der Waals surface area (Å²) < 4.78 is 5.30. The van der Waals surface area contributed by atoms with Crippen LogP contribution in [0.3, 0.4) is 0 Å². The molecular formula is C19H22N2O2. The van der Waals surface area contributed by atoms with E-state index in [0.717, 1.165) is 30.6 Å². The first-order valence-electron chi connectivity index (χ1n) is 8.02. The van der Waals surface area contributed by atoms with Crippen molar-refractivity contribution >= 4 is 6.03 Å². The van der Waals surface area contributed by atoms with Crippen LogP contribution in [0, 0.1) is 0 Å². The standard InChI is InChI=1S/C19H22N2O2/c1-23-18-12-5-3-8-15(18)13-20-19(22)21-17-11-6-9-14-7-2-4-10-16(14)17/h2-5,7-8,10,12,17H,6,9,11,13H2,1H3,(H2,20,21,22)/t17-/m0/s1. The van der Waals surface area contributed by atoms with Crippen molar-refractivity contribution in [3.8, 4) is 5.75 Å². The number of urea groups is 1. The van der Waals surface area contributed by atoms with E-state index in [1.54, 1.807) is 7.11 Å². The van der Waals surface area contributed by atoms with E-state index in [0.29, 0.717) is 6.54 Å². The number of nitrogens with one attached hydrogen (secondary N) is 2. The molecule has 3 rings (SSSR count). The summed E-state index contributed by atoms with van der Waals surface area (Å²) in [5.74, 6) is 0.788. The molecule has 4 nitrogen and oxygen atoms in total. The van der Waals surface area contributed by atoms with Crippen molar-refractivity contribution < 1.29 is 9.53 Å². The van der Waals surface area contributed by atoms with Gasteiger partial charge in [0.15, 0.2) is 0 Å². The molecule has 1 atom stereocenters. The Balaban J connectivity index is 1.60. The summed E-state index contributed by atoms with van der Waals surface area (Å²) >= 11 is 0. The summed E-state index contributed by atoms with van der Waals surface area (Å²) in [6.07, 6.45) is 3.19. The molecular weight excluding hydrogens is 288 g/mol. The minimum absolute atomic E-state index is 0.0950. The zero-order chi connectivity index (χ0) is 16.1. The number of benzene rings is 2. The van der Waals surface area contributed by atoms with Gasteiger partial charge in [0.1, 0.15) is 5.75 Å². The summed E-state index contributed by atoms with van der Waals surface area (Å²) in [7, 11) is 1.64. The van der Waals surface area contributed by atoms with E-state index in [1.165, 1.54) is 11.1 Å². The molecule has 2 aromatic carbocycles. The molecule has 0 unspecified atom stereocenters. The van der Waals surface area contributed by atoms with E-state index in [4.69, 9.17) is 4.74 Å². The average Bonchev–Trinajstić information content (AvgIpc) is 2.60. The molecule has 1 aliphatic carbocycles. The number of amides is 2. The molecule has 0 heterocycles. The largest absolute Gasteiger partial charge is 0.496 e. The number of methoxy groups -OCH3 is 1. The van der Waals surface area contributed by atoms with Gasteiger partial charge < -0.3 is 15.4 Å². The predicted octanol–water partition coefficient (Wildman–Crippen LogP) is 3.57. The molecule has 4 heteroatoms. The van der Waals surface area contributed by atoms with Crippen molar-refractivity contribution in [2.45, 2.75) is 31.8 Å². The fourth-order valence-corrected chi connectivity index (χ4v) is 3.14. The van der Waals surface area contributed by atoms with Gasteiger partial charge in [0.05, 0.1) is 13.2 Å². The molecule has 0 saturated heterocycles. The van der Waals surface area contributed by atoms with Gasteiger partial charge in [-0.15, -0.1) is 0 Å². The zero-order valence-corrected chi connectivity index (χ0v) is 13.3. The Labute approximate surface area is 136 Å². The third-order valence-electron chi connectivity index (χ3n) is 4.31. The van der Waals surface area contributed by atoms with Gasteiger partial charge in [-0.05, 0) is 36.5 Å². The summed E-state index contributed by atoms with van der Waals surface area (Å²) in [6, 6.07) is 16.0. The number of rotatable bonds is 4. The van der Waals surface area contributed by atoms with E-state index in [9.17, 15) is 4.79 Å². The lowest BCUT2D eigenvalue weighted by Crippen LogP contribution is -2.38. The van der Waals surface area contributed by atoms with Crippen LogP contribution < -0.4 is 15.4 Å². The Hall–Kier alpha value is -2.49. The van der Waals surface area contributed by atoms with Crippen molar-refractivity contribution in [3.63, 3.8) is 0 Å². The smallest absolute Gasteiger partial charge is 0.315 e. The second kappa shape index (κ2) is 7.18. The third-order valence-corrected chi connectivity index (χ3v) is 4.31. The summed E-state index contributed by atoms with van der Waals surface area (Å²) in [4.78, 5) is 12.2. The van der Waals surface area contributed by atoms with Gasteiger partial charge in [-0.25, -0.2) is 4.79 Å². The van der Waals surface area contributed by atoms with Crippen molar-refractivity contribution in [2.75, 3.05) is 7.11 Å². The Morgan fingerprint density at radius 1 is 1.17 bits per heavy atom. The minimum atomic E-state index is -0.141. The molecule has 1 aliphatic rings. The SMILES string of the molecule is COc1ccccc1CNC(=O)N[C@H]1CCCc2ccccc21. The van der Waals surface area contributed by atoms with Crippen molar-refractivity contribution in [3.05, 3.63) is 65.2 Å². The maximum Gasteiger partial charge on any atom is 0.315 e. The number of ether oxygens (including phenoxy) is 1. The maximum absolute atomic E-state index is 12.2. The first-order valence-corrected chi connectivity index (χ1v) is 8.02. The van der Waals surface area contributed by atoms with Gasteiger partial charge in [-0.1, -0.05) is 42.5 Å². The normalized spacial score (nSPS) is 16.3. The fourth-order valence-electron chi connectivity index (χ4n) is 3.14. The summed E-state index contributed by atoms with van der Waals surface area (Å²) in [5.41, 5.74) is 3.55. The highest BCUT2D eigenvalue weighted by atomic mass is 16.5. The van der Waals surface area contributed by atoms with Crippen LogP contribution in [0.5, 0.6) is 5.75 Å². The maximum atomic E-state index is 12.2. The second-order valence-electron chi connectivity index (χ2n) is 5.78. The predicted molar refractivity (Wildman–Crippen MR) is 90.5 cm³/mol. The lowest BCUT2D eigenvalue weighted by Gasteiger charge is -2.26. The zero-order valence-electron chi connectivity index (χ0n) is 13.3. The van der Waals surface area contributed by atoms with Gasteiger partial charge in [0.2, 0.25) is 0 Å². The number of carbonyl (C=O) groups excluding carboxylic acids is 1. The molecule has 2 aromatic rings. The number of hydrogen-bond donors (Lipinski definition) is 2. The Kier molecular flexibility index (Phi) is 4.81. The van der Waals surface area contributed by atoms with E-state index in [-0.39, 0.29) is 12.1 Å². The first-order chi connectivity index (χ1) is 11.3. The van der Waals surface area contributed by atoms with E-state index in [1.807, 2.05) is 30.3 Å². The molecule has 0 aliphatic heterocycles. The second-order valence-corrected chi connectivity index (χ2v) is 5.78. The number of hydrogen-bond acceptors (Lipinski definition) is 2. The highest BCUT2D eigenvalue weighted by Crippen LogP contribution is 2.29. The molecule has 2 N–H and O–H groups in total. The van der Waals surface area contributed by atoms with Crippen LogP contribution >= 0.6 is 0 Å². The Morgan fingerprint density at radius 3 is 2.83 bits per heavy atom. The van der Waals surface area contributed by atoms with Crippen LogP contribution in [-0.4, -0.2) is 13.1 Å². The summed E-state index contributed by atoms with van der Waals surface area (Å²) in [6.45, 7) is 0.449. The van der Waals surface area contributed by atoms with E-state index in [2.05, 4.69) is 28.8 Å². The number of fused-ring (bicyclic) bond motifs is 1. The van der Waals surface area contributed by atoms with Gasteiger partial charge >= 0.3 is 6.03 Å². The lowest BCUT2D eigenvalue weighted by molar-refractivity contribution is 0.235. The molecule has 2 amide bonds.